The number of piperidine rings is 1. The van der Waals surface area contributed by atoms with Gasteiger partial charge in [0.05, 0.1) is 0 Å². The van der Waals surface area contributed by atoms with Crippen LogP contribution in [0.5, 0.6) is 0 Å². The monoisotopic (exact) mass is 294 g/mol. The van der Waals surface area contributed by atoms with Gasteiger partial charge in [-0.15, -0.1) is 0 Å². The minimum absolute atomic E-state index is 0.116. The highest BCUT2D eigenvalue weighted by atomic mass is 16.7. The van der Waals surface area contributed by atoms with Crippen molar-refractivity contribution in [2.75, 3.05) is 13.1 Å². The molecule has 1 spiro atoms. The molecule has 22 heavy (non-hydrogen) atoms. The second-order valence-electron chi connectivity index (χ2n) is 6.09. The van der Waals surface area contributed by atoms with Crippen LogP contribution in [0.2, 0.25) is 0 Å². The number of benzene rings is 2. The Bertz CT molecular complexity index is 730. The van der Waals surface area contributed by atoms with Gasteiger partial charge in [-0.25, -0.2) is 0 Å². The zero-order valence-electron chi connectivity index (χ0n) is 12.4. The Kier molecular flexibility index (Phi) is 3.10. The summed E-state index contributed by atoms with van der Waals surface area (Å²) in [6, 6.07) is 14.0. The summed E-state index contributed by atoms with van der Waals surface area (Å²) in [7, 11) is 0. The van der Waals surface area contributed by atoms with Gasteiger partial charge in [0.1, 0.15) is 5.60 Å². The zero-order valence-corrected chi connectivity index (χ0v) is 12.4. The molecule has 4 heteroatoms. The Balaban J connectivity index is 1.57. The fourth-order valence-corrected chi connectivity index (χ4v) is 3.38. The average molecular weight is 294 g/mol. The molecular formula is C18H18N2O2. The number of likely N-dealkylation sites (tertiary alicyclic amines) is 1. The van der Waals surface area contributed by atoms with Crippen molar-refractivity contribution >= 4 is 22.9 Å². The molecule has 0 aliphatic carbocycles. The van der Waals surface area contributed by atoms with Gasteiger partial charge in [0.15, 0.2) is 0 Å². The summed E-state index contributed by atoms with van der Waals surface area (Å²) >= 11 is 0. The molecule has 0 bridgehead atoms. The Morgan fingerprint density at radius 3 is 2.64 bits per heavy atom. The number of fused-ring (bicyclic) bond motifs is 1. The van der Waals surface area contributed by atoms with Crippen LogP contribution >= 0.6 is 0 Å². The van der Waals surface area contributed by atoms with Crippen LogP contribution in [0.3, 0.4) is 0 Å². The summed E-state index contributed by atoms with van der Waals surface area (Å²) in [5, 5.41) is 6.03. The van der Waals surface area contributed by atoms with E-state index in [9.17, 15) is 4.79 Å². The molecule has 112 valence electrons. The van der Waals surface area contributed by atoms with Crippen LogP contribution in [0.1, 0.15) is 29.6 Å². The first-order valence-corrected chi connectivity index (χ1v) is 7.75. The van der Waals surface area contributed by atoms with Gasteiger partial charge in [-0.1, -0.05) is 41.6 Å². The summed E-state index contributed by atoms with van der Waals surface area (Å²) in [6.45, 7) is 1.46. The molecule has 0 unspecified atom stereocenters. The summed E-state index contributed by atoms with van der Waals surface area (Å²) < 4.78 is 0. The lowest BCUT2D eigenvalue weighted by molar-refractivity contribution is -0.0568. The molecule has 2 aliphatic heterocycles. The average Bonchev–Trinajstić information content (AvgIpc) is 3.02. The third-order valence-corrected chi connectivity index (χ3v) is 4.77. The van der Waals surface area contributed by atoms with Crippen LogP contribution < -0.4 is 0 Å². The van der Waals surface area contributed by atoms with Crippen LogP contribution in [0, 0.1) is 0 Å². The Morgan fingerprint density at radius 2 is 1.86 bits per heavy atom. The molecule has 0 atom stereocenters. The highest BCUT2D eigenvalue weighted by Crippen LogP contribution is 2.33. The smallest absolute Gasteiger partial charge is 0.254 e. The molecule has 1 saturated heterocycles. The lowest BCUT2D eigenvalue weighted by atomic mass is 9.88. The van der Waals surface area contributed by atoms with Crippen molar-refractivity contribution in [1.82, 2.24) is 4.90 Å². The second-order valence-corrected chi connectivity index (χ2v) is 6.09. The molecule has 1 amide bonds. The van der Waals surface area contributed by atoms with Crippen molar-refractivity contribution < 1.29 is 9.63 Å². The van der Waals surface area contributed by atoms with E-state index in [1.54, 1.807) is 0 Å². The third kappa shape index (κ3) is 2.15. The molecule has 0 radical (unpaired) electrons. The van der Waals surface area contributed by atoms with Crippen molar-refractivity contribution in [3.63, 3.8) is 0 Å². The van der Waals surface area contributed by atoms with E-state index < -0.39 is 0 Å². The molecule has 2 aromatic rings. The Hall–Kier alpha value is -2.36. The lowest BCUT2D eigenvalue weighted by Crippen LogP contribution is -2.46. The van der Waals surface area contributed by atoms with Gasteiger partial charge in [0, 0.05) is 44.1 Å². The van der Waals surface area contributed by atoms with E-state index >= 15 is 0 Å². The molecule has 2 aliphatic rings. The van der Waals surface area contributed by atoms with Gasteiger partial charge in [-0.3, -0.25) is 4.79 Å². The summed E-state index contributed by atoms with van der Waals surface area (Å²) in [4.78, 5) is 20.3. The highest BCUT2D eigenvalue weighted by molar-refractivity contribution is 6.07. The summed E-state index contributed by atoms with van der Waals surface area (Å²) in [5.41, 5.74) is 0.632. The minimum atomic E-state index is -0.157. The zero-order chi connectivity index (χ0) is 15.0. The molecular weight excluding hydrogens is 276 g/mol. The van der Waals surface area contributed by atoms with E-state index in [2.05, 4.69) is 5.16 Å². The van der Waals surface area contributed by atoms with Crippen molar-refractivity contribution in [3.05, 3.63) is 48.0 Å². The Labute approximate surface area is 129 Å². The van der Waals surface area contributed by atoms with Crippen molar-refractivity contribution in [2.24, 2.45) is 5.16 Å². The molecule has 4 nitrogen and oxygen atoms in total. The molecule has 0 aromatic heterocycles. The predicted octanol–water partition coefficient (Wildman–Crippen LogP) is 3.22. The van der Waals surface area contributed by atoms with Crippen LogP contribution in [0.15, 0.2) is 47.6 Å². The van der Waals surface area contributed by atoms with E-state index in [0.717, 1.165) is 48.7 Å². The number of hydrogen-bond acceptors (Lipinski definition) is 3. The molecule has 0 saturated carbocycles. The van der Waals surface area contributed by atoms with Gasteiger partial charge in [-0.05, 0) is 16.8 Å². The van der Waals surface area contributed by atoms with E-state index in [-0.39, 0.29) is 11.5 Å². The first-order valence-electron chi connectivity index (χ1n) is 7.75. The maximum Gasteiger partial charge on any atom is 0.254 e. The number of amides is 1. The lowest BCUT2D eigenvalue weighted by Gasteiger charge is -2.37. The number of carbonyl (C=O) groups excluding carboxylic acids is 1. The quantitative estimate of drug-likeness (QED) is 0.810. The number of carbonyl (C=O) groups is 1. The summed E-state index contributed by atoms with van der Waals surface area (Å²) in [5.74, 6) is 0.116. The Morgan fingerprint density at radius 1 is 1.09 bits per heavy atom. The van der Waals surface area contributed by atoms with Gasteiger partial charge in [0.2, 0.25) is 0 Å². The third-order valence-electron chi connectivity index (χ3n) is 4.77. The largest absolute Gasteiger partial charge is 0.389 e. The van der Waals surface area contributed by atoms with Crippen LogP contribution in [0.25, 0.3) is 10.8 Å². The maximum atomic E-state index is 12.9. The fraction of sp³-hybridized carbons (Fsp3) is 0.333. The minimum Gasteiger partial charge on any atom is -0.389 e. The van der Waals surface area contributed by atoms with Crippen LogP contribution in [0.4, 0.5) is 0 Å². The van der Waals surface area contributed by atoms with Gasteiger partial charge in [0.25, 0.3) is 5.91 Å². The number of nitrogens with zero attached hydrogens (tertiary/aromatic N) is 2. The molecule has 4 rings (SSSR count). The fourth-order valence-electron chi connectivity index (χ4n) is 3.38. The topological polar surface area (TPSA) is 41.9 Å². The van der Waals surface area contributed by atoms with Crippen LogP contribution in [-0.2, 0) is 4.84 Å². The molecule has 2 heterocycles. The molecule has 2 aromatic carbocycles. The summed E-state index contributed by atoms with van der Waals surface area (Å²) in [6.07, 6.45) is 4.40. The van der Waals surface area contributed by atoms with Crippen molar-refractivity contribution in [2.45, 2.75) is 24.9 Å². The first-order chi connectivity index (χ1) is 10.8. The van der Waals surface area contributed by atoms with Crippen molar-refractivity contribution in [1.29, 1.82) is 0 Å². The van der Waals surface area contributed by atoms with E-state index in [1.807, 2.05) is 53.6 Å². The predicted molar refractivity (Wildman–Crippen MR) is 86.0 cm³/mol. The van der Waals surface area contributed by atoms with Crippen LogP contribution in [-0.4, -0.2) is 35.7 Å². The van der Waals surface area contributed by atoms with E-state index in [1.165, 1.54) is 0 Å². The normalized spacial score (nSPS) is 19.5. The van der Waals surface area contributed by atoms with Gasteiger partial charge in [-0.2, -0.15) is 0 Å². The van der Waals surface area contributed by atoms with Gasteiger partial charge < -0.3 is 9.74 Å². The van der Waals surface area contributed by atoms with E-state index in [0.29, 0.717) is 0 Å². The molecule has 0 N–H and O–H groups in total. The number of hydrogen-bond donors (Lipinski definition) is 0. The standard InChI is InChI=1S/C18H18N2O2/c21-17(16-7-3-5-14-4-1-2-6-15(14)16)20-12-9-18(10-13-20)8-11-19-22-18/h1-7,11H,8-10,12-13H2. The number of rotatable bonds is 1. The molecule has 1 fully saturated rings. The maximum absolute atomic E-state index is 12.9. The van der Waals surface area contributed by atoms with E-state index in [4.69, 9.17) is 4.84 Å². The second kappa shape index (κ2) is 5.13. The van der Waals surface area contributed by atoms with Crippen molar-refractivity contribution in [3.8, 4) is 0 Å². The number of oxime groups is 1. The first kappa shape index (κ1) is 13.3. The van der Waals surface area contributed by atoms with Gasteiger partial charge >= 0.3 is 0 Å². The SMILES string of the molecule is O=C(c1cccc2ccccc12)N1CCC2(CC=NO2)CC1. The highest BCUT2D eigenvalue weighted by Gasteiger charge is 2.40.